The molecular formula is C11H10F3N3O. The first-order chi connectivity index (χ1) is 8.40. The molecule has 0 amide bonds. The summed E-state index contributed by atoms with van der Waals surface area (Å²) in [5.74, 6) is -0.142. The summed E-state index contributed by atoms with van der Waals surface area (Å²) in [4.78, 5) is 0. The number of hydrogen-bond acceptors (Lipinski definition) is 2. The number of rotatable bonds is 2. The van der Waals surface area contributed by atoms with Gasteiger partial charge in [-0.25, -0.2) is 0 Å². The van der Waals surface area contributed by atoms with E-state index in [4.69, 9.17) is 10.9 Å². The Kier molecular flexibility index (Phi) is 2.90. The molecule has 96 valence electrons. The van der Waals surface area contributed by atoms with Crippen molar-refractivity contribution in [1.82, 2.24) is 4.57 Å². The van der Waals surface area contributed by atoms with E-state index in [0.29, 0.717) is 16.5 Å². The van der Waals surface area contributed by atoms with Crippen molar-refractivity contribution in [2.24, 2.45) is 10.9 Å². The van der Waals surface area contributed by atoms with Gasteiger partial charge in [0.25, 0.3) is 0 Å². The molecule has 1 aromatic carbocycles. The molecule has 0 saturated heterocycles. The van der Waals surface area contributed by atoms with Gasteiger partial charge in [0.15, 0.2) is 5.84 Å². The van der Waals surface area contributed by atoms with Gasteiger partial charge in [-0.15, -0.1) is 0 Å². The molecule has 0 aliphatic rings. The van der Waals surface area contributed by atoms with Gasteiger partial charge in [0.05, 0.1) is 0 Å². The van der Waals surface area contributed by atoms with E-state index < -0.39 is 12.7 Å². The largest absolute Gasteiger partial charge is 0.409 e. The Labute approximate surface area is 100 Å². The first-order valence-electron chi connectivity index (χ1n) is 5.04. The topological polar surface area (TPSA) is 63.5 Å². The van der Waals surface area contributed by atoms with E-state index in [0.717, 1.165) is 4.57 Å². The molecule has 1 heterocycles. The average Bonchev–Trinajstić information content (AvgIpc) is 2.68. The summed E-state index contributed by atoms with van der Waals surface area (Å²) in [6, 6.07) is 6.23. The number of nitrogens with two attached hydrogens (primary N) is 1. The molecule has 0 fully saturated rings. The molecule has 1 aromatic heterocycles. The fourth-order valence-electron chi connectivity index (χ4n) is 1.73. The van der Waals surface area contributed by atoms with Crippen LogP contribution in [0, 0.1) is 0 Å². The van der Waals surface area contributed by atoms with E-state index in [1.807, 2.05) is 0 Å². The lowest BCUT2D eigenvalue weighted by atomic mass is 10.1. The van der Waals surface area contributed by atoms with Crippen LogP contribution in [-0.2, 0) is 6.54 Å². The maximum Gasteiger partial charge on any atom is 0.406 e. The highest BCUT2D eigenvalue weighted by Gasteiger charge is 2.28. The van der Waals surface area contributed by atoms with Crippen molar-refractivity contribution in [1.29, 1.82) is 0 Å². The molecule has 2 aromatic rings. The summed E-state index contributed by atoms with van der Waals surface area (Å²) in [7, 11) is 0. The number of amidine groups is 1. The second-order valence-electron chi connectivity index (χ2n) is 3.82. The van der Waals surface area contributed by atoms with Crippen LogP contribution < -0.4 is 5.73 Å². The zero-order valence-electron chi connectivity index (χ0n) is 9.15. The van der Waals surface area contributed by atoms with E-state index in [2.05, 4.69) is 5.16 Å². The maximum atomic E-state index is 12.4. The minimum absolute atomic E-state index is 0.142. The molecule has 2 rings (SSSR count). The van der Waals surface area contributed by atoms with E-state index in [1.54, 1.807) is 18.2 Å². The molecule has 18 heavy (non-hydrogen) atoms. The number of nitrogens with zero attached hydrogens (tertiary/aromatic N) is 2. The quantitative estimate of drug-likeness (QED) is 0.375. The molecule has 4 nitrogen and oxygen atoms in total. The fourth-order valence-corrected chi connectivity index (χ4v) is 1.73. The SMILES string of the molecule is N/C(=N/O)c1ccc2ccn(CC(F)(F)F)c2c1. The molecule has 0 aliphatic carbocycles. The summed E-state index contributed by atoms with van der Waals surface area (Å²) in [6.45, 7) is -1.07. The van der Waals surface area contributed by atoms with Crippen molar-refractivity contribution in [3.05, 3.63) is 36.0 Å². The van der Waals surface area contributed by atoms with Crippen molar-refractivity contribution in [3.63, 3.8) is 0 Å². The van der Waals surface area contributed by atoms with Crippen LogP contribution in [0.4, 0.5) is 13.2 Å². The first-order valence-corrected chi connectivity index (χ1v) is 5.04. The van der Waals surface area contributed by atoms with Gasteiger partial charge >= 0.3 is 6.18 Å². The molecule has 3 N–H and O–H groups in total. The normalized spacial score (nSPS) is 13.2. The van der Waals surface area contributed by atoms with Gasteiger partial charge in [-0.3, -0.25) is 0 Å². The third-order valence-electron chi connectivity index (χ3n) is 2.53. The second-order valence-corrected chi connectivity index (χ2v) is 3.82. The number of oxime groups is 1. The molecule has 7 heteroatoms. The zero-order valence-corrected chi connectivity index (χ0v) is 9.15. The Hall–Kier alpha value is -2.18. The number of alkyl halides is 3. The van der Waals surface area contributed by atoms with Gasteiger partial charge in [0.1, 0.15) is 6.54 Å². The highest BCUT2D eigenvalue weighted by atomic mass is 19.4. The monoisotopic (exact) mass is 257 g/mol. The summed E-state index contributed by atoms with van der Waals surface area (Å²) in [5, 5.41) is 12.0. The summed E-state index contributed by atoms with van der Waals surface area (Å²) in [6.07, 6.45) is -2.94. The molecule has 0 unspecified atom stereocenters. The minimum Gasteiger partial charge on any atom is -0.409 e. The number of hydrogen-bond donors (Lipinski definition) is 2. The van der Waals surface area contributed by atoms with E-state index in [1.165, 1.54) is 12.3 Å². The summed E-state index contributed by atoms with van der Waals surface area (Å²) in [5.41, 5.74) is 6.15. The van der Waals surface area contributed by atoms with Gasteiger partial charge in [-0.2, -0.15) is 13.2 Å². The molecular weight excluding hydrogens is 247 g/mol. The van der Waals surface area contributed by atoms with Crippen LogP contribution >= 0.6 is 0 Å². The summed E-state index contributed by atoms with van der Waals surface area (Å²) >= 11 is 0. The molecule has 0 saturated carbocycles. The highest BCUT2D eigenvalue weighted by molar-refractivity contribution is 6.00. The van der Waals surface area contributed by atoms with Crippen LogP contribution in [0.1, 0.15) is 5.56 Å². The van der Waals surface area contributed by atoms with E-state index in [9.17, 15) is 13.2 Å². The number of fused-ring (bicyclic) bond motifs is 1. The third-order valence-corrected chi connectivity index (χ3v) is 2.53. The molecule has 0 radical (unpaired) electrons. The van der Waals surface area contributed by atoms with Crippen LogP contribution in [0.3, 0.4) is 0 Å². The number of benzene rings is 1. The standard InChI is InChI=1S/C11H10F3N3O/c12-11(13,14)6-17-4-3-7-1-2-8(5-9(7)17)10(15)16-18/h1-5,18H,6H2,(H2,15,16). The van der Waals surface area contributed by atoms with Gasteiger partial charge in [0, 0.05) is 17.3 Å². The molecule has 0 spiro atoms. The predicted molar refractivity (Wildman–Crippen MR) is 60.5 cm³/mol. The lowest BCUT2D eigenvalue weighted by molar-refractivity contribution is -0.139. The van der Waals surface area contributed by atoms with Gasteiger partial charge < -0.3 is 15.5 Å². The Morgan fingerprint density at radius 1 is 1.33 bits per heavy atom. The van der Waals surface area contributed by atoms with E-state index in [-0.39, 0.29) is 5.84 Å². The van der Waals surface area contributed by atoms with Crippen molar-refractivity contribution >= 4 is 16.7 Å². The number of halogens is 3. The Balaban J connectivity index is 2.50. The van der Waals surface area contributed by atoms with Gasteiger partial charge in [0.2, 0.25) is 0 Å². The van der Waals surface area contributed by atoms with Crippen LogP contribution in [0.5, 0.6) is 0 Å². The smallest absolute Gasteiger partial charge is 0.406 e. The van der Waals surface area contributed by atoms with Crippen molar-refractivity contribution in [2.45, 2.75) is 12.7 Å². The fraction of sp³-hybridized carbons (Fsp3) is 0.182. The number of aromatic nitrogens is 1. The molecule has 0 bridgehead atoms. The lowest BCUT2D eigenvalue weighted by Gasteiger charge is -2.09. The van der Waals surface area contributed by atoms with Gasteiger partial charge in [-0.1, -0.05) is 17.3 Å². The highest BCUT2D eigenvalue weighted by Crippen LogP contribution is 2.23. The summed E-state index contributed by atoms with van der Waals surface area (Å²) < 4.78 is 38.2. The van der Waals surface area contributed by atoms with Crippen LogP contribution in [0.15, 0.2) is 35.6 Å². The van der Waals surface area contributed by atoms with Crippen molar-refractivity contribution < 1.29 is 18.4 Å². The average molecular weight is 257 g/mol. The maximum absolute atomic E-state index is 12.4. The van der Waals surface area contributed by atoms with Crippen molar-refractivity contribution in [3.8, 4) is 0 Å². The van der Waals surface area contributed by atoms with Gasteiger partial charge in [-0.05, 0) is 17.5 Å². The predicted octanol–water partition coefficient (Wildman–Crippen LogP) is 2.30. The third kappa shape index (κ3) is 2.39. The minimum atomic E-state index is -4.29. The molecule has 0 aliphatic heterocycles. The van der Waals surface area contributed by atoms with Crippen LogP contribution in [-0.4, -0.2) is 21.8 Å². The zero-order chi connectivity index (χ0) is 13.3. The molecule has 0 atom stereocenters. The Bertz CT molecular complexity index is 601. The second kappa shape index (κ2) is 4.25. The Morgan fingerprint density at radius 3 is 2.67 bits per heavy atom. The Morgan fingerprint density at radius 2 is 2.06 bits per heavy atom. The van der Waals surface area contributed by atoms with Crippen LogP contribution in [0.25, 0.3) is 10.9 Å². The lowest BCUT2D eigenvalue weighted by Crippen LogP contribution is -2.17. The van der Waals surface area contributed by atoms with Crippen molar-refractivity contribution in [2.75, 3.05) is 0 Å². The van der Waals surface area contributed by atoms with E-state index >= 15 is 0 Å². The van der Waals surface area contributed by atoms with Crippen LogP contribution in [0.2, 0.25) is 0 Å². The first kappa shape index (κ1) is 12.3.